The molecule has 4 rings (SSSR count). The van der Waals surface area contributed by atoms with Gasteiger partial charge in [-0.1, -0.05) is 29.4 Å². The van der Waals surface area contributed by atoms with E-state index in [2.05, 4.69) is 46.2 Å². The molecule has 0 saturated carbocycles. The Morgan fingerprint density at radius 1 is 1.24 bits per heavy atom. The lowest BCUT2D eigenvalue weighted by molar-refractivity contribution is 0.356. The largest absolute Gasteiger partial charge is 0.359 e. The molecular formula is C16H15N3OS. The highest BCUT2D eigenvalue weighted by Gasteiger charge is 2.27. The number of anilines is 1. The minimum absolute atomic E-state index is 0.0925. The number of hydrogen-bond acceptors (Lipinski definition) is 5. The van der Waals surface area contributed by atoms with E-state index in [1.807, 2.05) is 17.5 Å². The van der Waals surface area contributed by atoms with Crippen LogP contribution in [0.25, 0.3) is 10.7 Å². The van der Waals surface area contributed by atoms with Crippen molar-refractivity contribution >= 4 is 17.0 Å². The molecule has 4 nitrogen and oxygen atoms in total. The van der Waals surface area contributed by atoms with Gasteiger partial charge < -0.3 is 9.42 Å². The summed E-state index contributed by atoms with van der Waals surface area (Å²) in [6.07, 6.45) is 1.08. The first kappa shape index (κ1) is 12.6. The van der Waals surface area contributed by atoms with Gasteiger partial charge in [0.2, 0.25) is 11.7 Å². The fourth-order valence-corrected chi connectivity index (χ4v) is 3.46. The monoisotopic (exact) mass is 297 g/mol. The van der Waals surface area contributed by atoms with Crippen LogP contribution in [0, 0.1) is 0 Å². The number of fused-ring (bicyclic) bond motifs is 1. The second-order valence-corrected chi connectivity index (χ2v) is 6.13. The lowest BCUT2D eigenvalue weighted by atomic mass is 10.2. The van der Waals surface area contributed by atoms with E-state index in [0.29, 0.717) is 11.7 Å². The van der Waals surface area contributed by atoms with Crippen LogP contribution < -0.4 is 4.90 Å². The molecule has 0 aliphatic carbocycles. The molecular weight excluding hydrogens is 282 g/mol. The van der Waals surface area contributed by atoms with E-state index in [4.69, 9.17) is 4.52 Å². The van der Waals surface area contributed by atoms with E-state index >= 15 is 0 Å². The lowest BCUT2D eigenvalue weighted by Crippen LogP contribution is -2.24. The zero-order valence-corrected chi connectivity index (χ0v) is 12.5. The third kappa shape index (κ3) is 2.14. The number of aromatic nitrogens is 2. The van der Waals surface area contributed by atoms with E-state index < -0.39 is 0 Å². The molecule has 0 fully saturated rings. The molecule has 1 aliphatic heterocycles. The van der Waals surface area contributed by atoms with Crippen LogP contribution in [-0.2, 0) is 6.42 Å². The van der Waals surface area contributed by atoms with Crippen molar-refractivity contribution in [1.82, 2.24) is 10.1 Å². The zero-order chi connectivity index (χ0) is 14.2. The third-order valence-electron chi connectivity index (χ3n) is 3.93. The van der Waals surface area contributed by atoms with Crippen molar-refractivity contribution in [3.63, 3.8) is 0 Å². The van der Waals surface area contributed by atoms with E-state index in [0.717, 1.165) is 17.8 Å². The van der Waals surface area contributed by atoms with Crippen LogP contribution >= 0.6 is 11.3 Å². The molecule has 0 radical (unpaired) electrons. The van der Waals surface area contributed by atoms with Crippen LogP contribution in [0.15, 0.2) is 46.3 Å². The Kier molecular flexibility index (Phi) is 3.00. The summed E-state index contributed by atoms with van der Waals surface area (Å²) in [6.45, 7) is 3.12. The summed E-state index contributed by atoms with van der Waals surface area (Å²) < 4.78 is 5.48. The first-order valence-corrected chi connectivity index (χ1v) is 7.93. The van der Waals surface area contributed by atoms with Gasteiger partial charge in [0, 0.05) is 12.2 Å². The maximum atomic E-state index is 5.48. The first-order valence-electron chi connectivity index (χ1n) is 7.05. The fraction of sp³-hybridized carbons (Fsp3) is 0.250. The van der Waals surface area contributed by atoms with Gasteiger partial charge in [-0.2, -0.15) is 4.98 Å². The maximum absolute atomic E-state index is 5.48. The Labute approximate surface area is 127 Å². The summed E-state index contributed by atoms with van der Waals surface area (Å²) in [5, 5.41) is 6.12. The van der Waals surface area contributed by atoms with Crippen molar-refractivity contribution in [3.05, 3.63) is 53.2 Å². The molecule has 2 aromatic heterocycles. The number of hydrogen-bond donors (Lipinski definition) is 0. The molecule has 1 aliphatic rings. The van der Waals surface area contributed by atoms with Crippen LogP contribution in [0.3, 0.4) is 0 Å². The van der Waals surface area contributed by atoms with Crippen molar-refractivity contribution in [2.45, 2.75) is 19.4 Å². The van der Waals surface area contributed by atoms with E-state index in [1.165, 1.54) is 11.3 Å². The van der Waals surface area contributed by atoms with Crippen molar-refractivity contribution in [2.24, 2.45) is 0 Å². The number of rotatable bonds is 3. The number of para-hydroxylation sites is 1. The highest BCUT2D eigenvalue weighted by Crippen LogP contribution is 2.34. The van der Waals surface area contributed by atoms with Gasteiger partial charge in [0.05, 0.1) is 4.88 Å². The van der Waals surface area contributed by atoms with Crippen molar-refractivity contribution in [1.29, 1.82) is 0 Å². The molecule has 0 spiro atoms. The standard InChI is InChI=1S/C16H15N3OS/c1-11(19-9-8-12-5-2-3-6-13(12)19)16-17-15(18-20-16)14-7-4-10-21-14/h2-7,10-11H,8-9H2,1H3/t11-/m1/s1. The van der Waals surface area contributed by atoms with Gasteiger partial charge in [-0.05, 0) is 36.4 Å². The summed E-state index contributed by atoms with van der Waals surface area (Å²) in [4.78, 5) is 7.94. The molecule has 0 N–H and O–H groups in total. The van der Waals surface area contributed by atoms with Crippen molar-refractivity contribution in [3.8, 4) is 10.7 Å². The summed E-state index contributed by atoms with van der Waals surface area (Å²) in [6, 6.07) is 12.6. The van der Waals surface area contributed by atoms with Crippen molar-refractivity contribution in [2.75, 3.05) is 11.4 Å². The Bertz CT molecular complexity index is 750. The average Bonchev–Trinajstić information content (AvgIpc) is 3.25. The molecule has 3 aromatic rings. The van der Waals surface area contributed by atoms with Gasteiger partial charge in [-0.15, -0.1) is 11.3 Å². The van der Waals surface area contributed by atoms with Gasteiger partial charge in [0.25, 0.3) is 0 Å². The molecule has 3 heterocycles. The number of thiophene rings is 1. The molecule has 0 bridgehead atoms. The van der Waals surface area contributed by atoms with Gasteiger partial charge in [-0.3, -0.25) is 0 Å². The second-order valence-electron chi connectivity index (χ2n) is 5.18. The average molecular weight is 297 g/mol. The molecule has 21 heavy (non-hydrogen) atoms. The Morgan fingerprint density at radius 2 is 2.14 bits per heavy atom. The molecule has 106 valence electrons. The van der Waals surface area contributed by atoms with Gasteiger partial charge in [-0.25, -0.2) is 0 Å². The molecule has 0 amide bonds. The topological polar surface area (TPSA) is 42.2 Å². The number of nitrogens with zero attached hydrogens (tertiary/aromatic N) is 3. The fourth-order valence-electron chi connectivity index (χ4n) is 2.81. The first-order chi connectivity index (χ1) is 10.3. The predicted octanol–water partition coefficient (Wildman–Crippen LogP) is 3.92. The van der Waals surface area contributed by atoms with Crippen LogP contribution in [0.5, 0.6) is 0 Å². The molecule has 0 saturated heterocycles. The highest BCUT2D eigenvalue weighted by molar-refractivity contribution is 7.13. The summed E-state index contributed by atoms with van der Waals surface area (Å²) >= 11 is 1.62. The Morgan fingerprint density at radius 3 is 3.00 bits per heavy atom. The van der Waals surface area contributed by atoms with Crippen LogP contribution in [0.4, 0.5) is 5.69 Å². The van der Waals surface area contributed by atoms with E-state index in [-0.39, 0.29) is 6.04 Å². The van der Waals surface area contributed by atoms with Crippen molar-refractivity contribution < 1.29 is 4.52 Å². The zero-order valence-electron chi connectivity index (χ0n) is 11.7. The van der Waals surface area contributed by atoms with E-state index in [1.54, 1.807) is 11.3 Å². The lowest BCUT2D eigenvalue weighted by Gasteiger charge is -2.24. The van der Waals surface area contributed by atoms with Gasteiger partial charge in [0.15, 0.2) is 0 Å². The normalized spacial score (nSPS) is 15.2. The van der Waals surface area contributed by atoms with E-state index in [9.17, 15) is 0 Å². The molecule has 0 unspecified atom stereocenters. The number of benzene rings is 1. The quantitative estimate of drug-likeness (QED) is 0.735. The maximum Gasteiger partial charge on any atom is 0.249 e. The van der Waals surface area contributed by atoms with Crippen LogP contribution in [-0.4, -0.2) is 16.7 Å². The van der Waals surface area contributed by atoms with Gasteiger partial charge >= 0.3 is 0 Å². The Balaban J connectivity index is 1.63. The van der Waals surface area contributed by atoms with Gasteiger partial charge in [0.1, 0.15) is 6.04 Å². The second kappa shape index (κ2) is 5.00. The SMILES string of the molecule is C[C@H](c1nc(-c2cccs2)no1)N1CCc2ccccc21. The molecule has 5 heteroatoms. The highest BCUT2D eigenvalue weighted by atomic mass is 32.1. The Hall–Kier alpha value is -2.14. The third-order valence-corrected chi connectivity index (χ3v) is 4.80. The summed E-state index contributed by atoms with van der Waals surface area (Å²) in [7, 11) is 0. The van der Waals surface area contributed by atoms with Crippen LogP contribution in [0.2, 0.25) is 0 Å². The molecule has 1 aromatic carbocycles. The summed E-state index contributed by atoms with van der Waals surface area (Å²) in [5.41, 5.74) is 2.67. The summed E-state index contributed by atoms with van der Waals surface area (Å²) in [5.74, 6) is 1.36. The predicted molar refractivity (Wildman–Crippen MR) is 83.5 cm³/mol. The minimum atomic E-state index is 0.0925. The molecule has 1 atom stereocenters. The minimum Gasteiger partial charge on any atom is -0.359 e. The smallest absolute Gasteiger partial charge is 0.249 e. The van der Waals surface area contributed by atoms with Crippen LogP contribution in [0.1, 0.15) is 24.4 Å².